The predicted molar refractivity (Wildman–Crippen MR) is 62.4 cm³/mol. The van der Waals surface area contributed by atoms with E-state index in [0.29, 0.717) is 5.92 Å². The van der Waals surface area contributed by atoms with Crippen LogP contribution in [0.3, 0.4) is 0 Å². The lowest BCUT2D eigenvalue weighted by Crippen LogP contribution is -2.01. The number of hydrogen-bond acceptors (Lipinski definition) is 1. The molecule has 0 saturated heterocycles. The molecule has 0 bridgehead atoms. The molecule has 0 saturated carbocycles. The Bertz CT molecular complexity index is 281. The highest BCUT2D eigenvalue weighted by Gasteiger charge is 2.05. The maximum absolute atomic E-state index is 3.49. The van der Waals surface area contributed by atoms with Crippen LogP contribution < -0.4 is 5.32 Å². The van der Waals surface area contributed by atoms with Gasteiger partial charge in [-0.25, -0.2) is 0 Å². The molecule has 0 aliphatic heterocycles. The van der Waals surface area contributed by atoms with E-state index >= 15 is 0 Å². The zero-order valence-electron chi connectivity index (χ0n) is 8.39. The van der Waals surface area contributed by atoms with E-state index in [1.54, 1.807) is 0 Å². The Morgan fingerprint density at radius 2 is 2.08 bits per heavy atom. The van der Waals surface area contributed by atoms with Crippen LogP contribution in [0.4, 0.5) is 5.69 Å². The van der Waals surface area contributed by atoms with Crippen molar-refractivity contribution in [1.29, 1.82) is 0 Å². The van der Waals surface area contributed by atoms with Crippen LogP contribution in [0.1, 0.15) is 32.3 Å². The van der Waals surface area contributed by atoms with Gasteiger partial charge in [-0.2, -0.15) is 0 Å². The summed E-state index contributed by atoms with van der Waals surface area (Å²) in [6.45, 7) is 7.51. The largest absolute Gasteiger partial charge is 0.385 e. The monoisotopic (exact) mass is 241 g/mol. The van der Waals surface area contributed by atoms with Crippen LogP contribution in [0.5, 0.6) is 0 Å². The minimum atomic E-state index is 0.562. The molecule has 0 amide bonds. The van der Waals surface area contributed by atoms with Crippen molar-refractivity contribution in [2.45, 2.75) is 26.7 Å². The average Bonchev–Trinajstić information content (AvgIpc) is 2.08. The Hall–Kier alpha value is -0.500. The maximum atomic E-state index is 3.49. The van der Waals surface area contributed by atoms with Crippen LogP contribution in [0.15, 0.2) is 22.7 Å². The van der Waals surface area contributed by atoms with Crippen molar-refractivity contribution in [3.63, 3.8) is 0 Å². The summed E-state index contributed by atoms with van der Waals surface area (Å²) in [6.07, 6.45) is 0. The summed E-state index contributed by atoms with van der Waals surface area (Å²) in [4.78, 5) is 0. The number of anilines is 1. The highest BCUT2D eigenvalue weighted by molar-refractivity contribution is 9.10. The Balaban J connectivity index is 3.03. The van der Waals surface area contributed by atoms with Gasteiger partial charge in [0.2, 0.25) is 0 Å². The molecule has 72 valence electrons. The quantitative estimate of drug-likeness (QED) is 0.844. The van der Waals surface area contributed by atoms with Crippen molar-refractivity contribution in [3.8, 4) is 0 Å². The standard InChI is InChI=1S/C11H16BrN/c1-4-13-11-6-5-9(12)7-10(11)8(2)3/h5-8,13H,4H2,1-3H3. The van der Waals surface area contributed by atoms with Crippen molar-refractivity contribution in [3.05, 3.63) is 28.2 Å². The smallest absolute Gasteiger partial charge is 0.0376 e. The van der Waals surface area contributed by atoms with Gasteiger partial charge in [0.15, 0.2) is 0 Å². The lowest BCUT2D eigenvalue weighted by molar-refractivity contribution is 0.865. The summed E-state index contributed by atoms with van der Waals surface area (Å²) >= 11 is 3.49. The Morgan fingerprint density at radius 3 is 2.62 bits per heavy atom. The zero-order chi connectivity index (χ0) is 9.84. The molecular formula is C11H16BrN. The van der Waals surface area contributed by atoms with E-state index < -0.39 is 0 Å². The number of hydrogen-bond donors (Lipinski definition) is 1. The second-order valence-electron chi connectivity index (χ2n) is 3.42. The van der Waals surface area contributed by atoms with Crippen LogP contribution in [-0.4, -0.2) is 6.54 Å². The van der Waals surface area contributed by atoms with E-state index in [1.165, 1.54) is 11.3 Å². The van der Waals surface area contributed by atoms with Crippen molar-refractivity contribution >= 4 is 21.6 Å². The summed E-state index contributed by atoms with van der Waals surface area (Å²) < 4.78 is 1.15. The van der Waals surface area contributed by atoms with Gasteiger partial charge >= 0.3 is 0 Å². The summed E-state index contributed by atoms with van der Waals surface area (Å²) in [5, 5.41) is 3.36. The van der Waals surface area contributed by atoms with E-state index in [9.17, 15) is 0 Å². The first kappa shape index (κ1) is 10.6. The van der Waals surface area contributed by atoms with Crippen LogP contribution in [-0.2, 0) is 0 Å². The van der Waals surface area contributed by atoms with Crippen molar-refractivity contribution in [1.82, 2.24) is 0 Å². The fourth-order valence-electron chi connectivity index (χ4n) is 1.36. The van der Waals surface area contributed by atoms with Crippen molar-refractivity contribution < 1.29 is 0 Å². The minimum absolute atomic E-state index is 0.562. The number of benzene rings is 1. The number of nitrogens with one attached hydrogen (secondary N) is 1. The highest BCUT2D eigenvalue weighted by Crippen LogP contribution is 2.27. The number of rotatable bonds is 3. The molecule has 1 aromatic rings. The second-order valence-corrected chi connectivity index (χ2v) is 4.33. The molecule has 13 heavy (non-hydrogen) atoms. The molecular weight excluding hydrogens is 226 g/mol. The van der Waals surface area contributed by atoms with E-state index in [2.05, 4.69) is 60.2 Å². The molecule has 0 radical (unpaired) electrons. The molecule has 1 nitrogen and oxygen atoms in total. The summed E-state index contributed by atoms with van der Waals surface area (Å²) in [6, 6.07) is 6.38. The molecule has 2 heteroatoms. The molecule has 0 heterocycles. The molecule has 0 fully saturated rings. The molecule has 1 rings (SSSR count). The van der Waals surface area contributed by atoms with Crippen molar-refractivity contribution in [2.24, 2.45) is 0 Å². The average molecular weight is 242 g/mol. The minimum Gasteiger partial charge on any atom is -0.385 e. The Kier molecular flexibility index (Phi) is 3.79. The Morgan fingerprint density at radius 1 is 1.38 bits per heavy atom. The van der Waals surface area contributed by atoms with Crippen LogP contribution in [0.25, 0.3) is 0 Å². The first-order valence-corrected chi connectivity index (χ1v) is 5.47. The molecule has 0 aliphatic rings. The van der Waals surface area contributed by atoms with Gasteiger partial charge in [0.25, 0.3) is 0 Å². The predicted octanol–water partition coefficient (Wildman–Crippen LogP) is 4.00. The third-order valence-electron chi connectivity index (χ3n) is 2.00. The van der Waals surface area contributed by atoms with Gasteiger partial charge in [0.1, 0.15) is 0 Å². The molecule has 1 aromatic carbocycles. The van der Waals surface area contributed by atoms with Crippen LogP contribution in [0, 0.1) is 0 Å². The Labute approximate surface area is 88.7 Å². The molecule has 1 N–H and O–H groups in total. The molecule has 0 unspecified atom stereocenters. The first-order chi connectivity index (χ1) is 6.15. The van der Waals surface area contributed by atoms with Crippen LogP contribution >= 0.6 is 15.9 Å². The van der Waals surface area contributed by atoms with Gasteiger partial charge in [0, 0.05) is 16.7 Å². The van der Waals surface area contributed by atoms with Gasteiger partial charge in [-0.15, -0.1) is 0 Å². The third-order valence-corrected chi connectivity index (χ3v) is 2.50. The van der Waals surface area contributed by atoms with Gasteiger partial charge in [-0.05, 0) is 36.6 Å². The summed E-state index contributed by atoms with van der Waals surface area (Å²) in [5.74, 6) is 0.562. The van der Waals surface area contributed by atoms with E-state index in [4.69, 9.17) is 0 Å². The second kappa shape index (κ2) is 4.66. The maximum Gasteiger partial charge on any atom is 0.0376 e. The van der Waals surface area contributed by atoms with E-state index in [1.807, 2.05) is 0 Å². The topological polar surface area (TPSA) is 12.0 Å². The summed E-state index contributed by atoms with van der Waals surface area (Å²) in [7, 11) is 0. The van der Waals surface area contributed by atoms with Crippen LogP contribution in [0.2, 0.25) is 0 Å². The zero-order valence-corrected chi connectivity index (χ0v) is 9.98. The summed E-state index contributed by atoms with van der Waals surface area (Å²) in [5.41, 5.74) is 2.62. The fourth-order valence-corrected chi connectivity index (χ4v) is 1.74. The molecule has 0 spiro atoms. The van der Waals surface area contributed by atoms with Gasteiger partial charge < -0.3 is 5.32 Å². The van der Waals surface area contributed by atoms with Gasteiger partial charge in [-0.1, -0.05) is 29.8 Å². The van der Waals surface area contributed by atoms with Gasteiger partial charge in [-0.3, -0.25) is 0 Å². The number of halogens is 1. The molecule has 0 aliphatic carbocycles. The molecule has 0 atom stereocenters. The fraction of sp³-hybridized carbons (Fsp3) is 0.455. The third kappa shape index (κ3) is 2.73. The normalized spacial score (nSPS) is 10.5. The van der Waals surface area contributed by atoms with E-state index in [0.717, 1.165) is 11.0 Å². The highest BCUT2D eigenvalue weighted by atomic mass is 79.9. The lowest BCUT2D eigenvalue weighted by Gasteiger charge is -2.13. The first-order valence-electron chi connectivity index (χ1n) is 4.68. The van der Waals surface area contributed by atoms with Crippen molar-refractivity contribution in [2.75, 3.05) is 11.9 Å². The molecule has 0 aromatic heterocycles. The van der Waals surface area contributed by atoms with E-state index in [-0.39, 0.29) is 0 Å². The lowest BCUT2D eigenvalue weighted by atomic mass is 10.0. The van der Waals surface area contributed by atoms with Gasteiger partial charge in [0.05, 0.1) is 0 Å². The SMILES string of the molecule is CCNc1ccc(Br)cc1C(C)C.